The predicted octanol–water partition coefficient (Wildman–Crippen LogP) is 14.3. The second kappa shape index (κ2) is 46.5. The minimum atomic E-state index is 0.112. The van der Waals surface area contributed by atoms with Gasteiger partial charge in [-0.1, -0.05) is 119 Å². The van der Waals surface area contributed by atoms with E-state index < -0.39 is 0 Å². The first-order valence-electron chi connectivity index (χ1n) is 34.0. The molecule has 92 heavy (non-hydrogen) atoms. The van der Waals surface area contributed by atoms with Gasteiger partial charge in [0.25, 0.3) is 0 Å². The fourth-order valence-electron chi connectivity index (χ4n) is 9.12. The van der Waals surface area contributed by atoms with E-state index in [4.69, 9.17) is 9.47 Å². The number of aromatic amines is 1. The molecular weight excluding hydrogens is 1160 g/mol. The average molecular weight is 1280 g/mol. The molecule has 9 heterocycles. The number of amides is 5. The topological polar surface area (TPSA) is 205 Å². The molecule has 5 saturated heterocycles. The normalized spacial score (nSPS) is 16.6. The van der Waals surface area contributed by atoms with E-state index in [0.29, 0.717) is 78.3 Å². The van der Waals surface area contributed by atoms with Gasteiger partial charge >= 0.3 is 6.03 Å². The van der Waals surface area contributed by atoms with Crippen LogP contribution in [0.3, 0.4) is 0 Å². The van der Waals surface area contributed by atoms with Gasteiger partial charge in [-0.25, -0.2) is 9.78 Å². The van der Waals surface area contributed by atoms with Crippen molar-refractivity contribution in [3.05, 3.63) is 108 Å². The summed E-state index contributed by atoms with van der Waals surface area (Å²) in [7, 11) is 1.84. The van der Waals surface area contributed by atoms with Gasteiger partial charge in [0.15, 0.2) is 0 Å². The molecule has 6 aliphatic heterocycles. The Hall–Kier alpha value is -6.60. The number of carbonyl (C=O) groups excluding carboxylic acids is 5. The van der Waals surface area contributed by atoms with E-state index in [1.54, 1.807) is 24.3 Å². The lowest BCUT2D eigenvalue weighted by Gasteiger charge is -2.34. The summed E-state index contributed by atoms with van der Waals surface area (Å²) in [6.07, 6.45) is 21.5. The zero-order valence-corrected chi connectivity index (χ0v) is 61.0. The molecule has 6 aliphatic rings. The molecule has 0 saturated carbocycles. The van der Waals surface area contributed by atoms with Crippen molar-refractivity contribution in [2.24, 2.45) is 22.7 Å². The first-order chi connectivity index (χ1) is 43.4. The third kappa shape index (κ3) is 34.9. The van der Waals surface area contributed by atoms with Gasteiger partial charge in [0, 0.05) is 132 Å². The van der Waals surface area contributed by atoms with Crippen molar-refractivity contribution in [1.82, 2.24) is 54.4 Å². The van der Waals surface area contributed by atoms with Crippen molar-refractivity contribution in [2.75, 3.05) is 59.6 Å². The molecule has 1 unspecified atom stereocenters. The van der Waals surface area contributed by atoms with Crippen LogP contribution in [0, 0.1) is 17.8 Å². The lowest BCUT2D eigenvalue weighted by molar-refractivity contribution is -0.144. The highest BCUT2D eigenvalue weighted by Crippen LogP contribution is 2.20. The Morgan fingerprint density at radius 1 is 0.630 bits per heavy atom. The Morgan fingerprint density at radius 2 is 1.24 bits per heavy atom. The highest BCUT2D eigenvalue weighted by atomic mass is 16.5. The summed E-state index contributed by atoms with van der Waals surface area (Å²) in [6.45, 7) is 50.5. The van der Waals surface area contributed by atoms with Crippen molar-refractivity contribution in [3.63, 3.8) is 0 Å². The van der Waals surface area contributed by atoms with Crippen molar-refractivity contribution in [2.45, 2.75) is 245 Å². The summed E-state index contributed by atoms with van der Waals surface area (Å²) in [5.41, 5.74) is 6.08. The van der Waals surface area contributed by atoms with Crippen molar-refractivity contribution < 1.29 is 33.4 Å². The summed E-state index contributed by atoms with van der Waals surface area (Å²) >= 11 is 0. The van der Waals surface area contributed by atoms with Gasteiger partial charge in [-0.2, -0.15) is 15.3 Å². The molecule has 4 aromatic rings. The lowest BCUT2D eigenvalue weighted by atomic mass is 9.99. The van der Waals surface area contributed by atoms with Crippen LogP contribution in [0.15, 0.2) is 90.3 Å². The molecule has 1 N–H and O–H groups in total. The standard InChI is InChI=1S/C13H16N2.C8H16O.C7H14N2O.C7H10N2.C7H13NO2.C7H13NO.C7H11N.C6H10N2.C6H11NO.C5H10O/c1-11(2)13-8-14-15(10-13)9-12-6-4-3-5-7-12;1-7(2)8-5-3-4-6-9-8;1-6(2)9-5-4-8(3)7(9)10;1-6(2)7-4-3-5-8-9-7;1-6(2)8-3-4-10-5-7(8)9;1-6(2)8-5-3-4-7(8)9;1-6(2)7-4-3-5-8-7;1-5(2)6-3-7-4-8-6;1-5(2)7-4-3-6(7)8;1-4(2)5(3)6/h3-8,10-11H,9H2,1-2H3;7-8H,3-6H2,1-2H3;6H,4-5H2,1-3H3;3-6H,1-2H3;6H,3-5H2,1-2H3;6H,3-5H2,1-2H3;4-6H,3H2,1-2H3;3-5H,1-2H3,(H,7,8);5H,3-4H2,1-2H3;4H,1-3H3. The smallest absolute Gasteiger partial charge is 0.320 e. The number of aliphatic imine (C=N–C) groups is 1. The minimum absolute atomic E-state index is 0.112. The summed E-state index contributed by atoms with van der Waals surface area (Å²) in [5.74, 6) is 4.14. The molecule has 0 radical (unpaired) electrons. The van der Waals surface area contributed by atoms with Crippen LogP contribution in [-0.2, 0) is 35.2 Å². The molecular formula is C73H124N12O7. The Morgan fingerprint density at radius 3 is 1.53 bits per heavy atom. The molecule has 1 atom stereocenters. The lowest BCUT2D eigenvalue weighted by Crippen LogP contribution is -2.47. The number of hydrogen-bond donors (Lipinski definition) is 1. The largest absolute Gasteiger partial charge is 0.378 e. The molecule has 0 spiro atoms. The average Bonchev–Trinajstić information content (AvgIpc) is 2.28. The van der Waals surface area contributed by atoms with Crippen LogP contribution >= 0.6 is 0 Å². The number of benzene rings is 1. The molecule has 518 valence electrons. The number of ether oxygens (including phenoxy) is 2. The number of aromatic nitrogens is 6. The number of H-pyrrole nitrogens is 1. The van der Waals surface area contributed by atoms with Gasteiger partial charge in [0.1, 0.15) is 12.4 Å². The van der Waals surface area contributed by atoms with E-state index in [1.807, 2.05) is 124 Å². The number of carbonyl (C=O) groups is 5. The Balaban J connectivity index is 0.000000516. The summed E-state index contributed by atoms with van der Waals surface area (Å²) < 4.78 is 12.5. The van der Waals surface area contributed by atoms with Crippen LogP contribution in [0.2, 0.25) is 0 Å². The van der Waals surface area contributed by atoms with Crippen LogP contribution in [0.1, 0.15) is 231 Å². The molecule has 1 aromatic carbocycles. The van der Waals surface area contributed by atoms with Crippen LogP contribution < -0.4 is 0 Å². The third-order valence-corrected chi connectivity index (χ3v) is 15.6. The quantitative estimate of drug-likeness (QED) is 0.132. The molecule has 19 heteroatoms. The number of imidazole rings is 1. The van der Waals surface area contributed by atoms with Crippen LogP contribution in [0.5, 0.6) is 0 Å². The van der Waals surface area contributed by atoms with Crippen LogP contribution in [-0.4, -0.2) is 180 Å². The number of ketones is 1. The number of hydrogen-bond acceptors (Lipinski definition) is 12. The number of β-lactam (4-membered cyclic amide) rings is 1. The fraction of sp³-hybridized carbons (Fsp3) is 0.671. The fourth-order valence-corrected chi connectivity index (χ4v) is 9.12. The number of likely N-dealkylation sites (N-methyl/N-ethyl adjacent to an activating group) is 1. The summed E-state index contributed by atoms with van der Waals surface area (Å²) in [5, 5.41) is 12.0. The number of nitrogens with zero attached hydrogens (tertiary/aromatic N) is 11. The SMILES string of the molecule is CC(=O)C(C)C.CC(C)C1=CCC=N1.CC(C)C1CCCCO1.CC(C)N1CCC1=O.CC(C)N1CCCC1=O.CC(C)N1CCN(C)C1=O.CC(C)N1CCOCC1=O.CC(C)c1cccnn1.CC(C)c1cnc[nH]1.CC(C)c1cnn(Cc2ccccc2)c1. The van der Waals surface area contributed by atoms with E-state index in [-0.39, 0.29) is 30.2 Å². The van der Waals surface area contributed by atoms with Gasteiger partial charge in [0.05, 0.1) is 37.5 Å². The maximum absolute atomic E-state index is 11.2. The molecule has 5 amide bonds. The molecule has 5 fully saturated rings. The number of nitrogens with one attached hydrogen (secondary N) is 1. The zero-order chi connectivity index (χ0) is 69.5. The number of allylic oxidation sites excluding steroid dienone is 2. The van der Waals surface area contributed by atoms with Crippen LogP contribution in [0.25, 0.3) is 0 Å². The zero-order valence-electron chi connectivity index (χ0n) is 61.0. The van der Waals surface area contributed by atoms with Gasteiger partial charge in [-0.05, 0) is 141 Å². The summed E-state index contributed by atoms with van der Waals surface area (Å²) in [6, 6.07) is 15.9. The molecule has 0 bridgehead atoms. The highest BCUT2D eigenvalue weighted by Gasteiger charge is 2.27. The molecule has 0 aliphatic carbocycles. The first kappa shape index (κ1) is 83.4. The number of urea groups is 1. The number of morpholine rings is 1. The van der Waals surface area contributed by atoms with Gasteiger partial charge in [0.2, 0.25) is 17.7 Å². The second-order valence-corrected chi connectivity index (χ2v) is 26.8. The van der Waals surface area contributed by atoms with Crippen molar-refractivity contribution in [3.8, 4) is 0 Å². The van der Waals surface area contributed by atoms with E-state index >= 15 is 0 Å². The van der Waals surface area contributed by atoms with Gasteiger partial charge in [-0.15, -0.1) is 0 Å². The molecule has 19 nitrogen and oxygen atoms in total. The first-order valence-corrected chi connectivity index (χ1v) is 34.0. The highest BCUT2D eigenvalue weighted by molar-refractivity contribution is 5.82. The molecule has 10 rings (SSSR count). The van der Waals surface area contributed by atoms with E-state index in [0.717, 1.165) is 77.3 Å². The van der Waals surface area contributed by atoms with Gasteiger partial charge < -0.3 is 39.0 Å². The Labute approximate surface area is 556 Å². The van der Waals surface area contributed by atoms with Crippen molar-refractivity contribution >= 4 is 35.8 Å². The van der Waals surface area contributed by atoms with Crippen LogP contribution in [0.4, 0.5) is 4.79 Å². The predicted molar refractivity (Wildman–Crippen MR) is 376 cm³/mol. The van der Waals surface area contributed by atoms with E-state index in [1.165, 1.54) is 41.8 Å². The van der Waals surface area contributed by atoms with E-state index in [2.05, 4.69) is 150 Å². The number of Topliss-reactive ketones (excluding diaryl/α,β-unsaturated/α-hetero) is 1. The van der Waals surface area contributed by atoms with Gasteiger partial charge in [-0.3, -0.25) is 28.9 Å². The Bertz CT molecular complexity index is 2650. The third-order valence-electron chi connectivity index (χ3n) is 15.6. The number of rotatable bonds is 12. The maximum Gasteiger partial charge on any atom is 0.320 e. The number of likely N-dealkylation sites (tertiary alicyclic amines) is 2. The minimum Gasteiger partial charge on any atom is -0.378 e. The van der Waals surface area contributed by atoms with E-state index in [9.17, 15) is 24.0 Å². The summed E-state index contributed by atoms with van der Waals surface area (Å²) in [4.78, 5) is 74.3. The monoisotopic (exact) mass is 1280 g/mol. The Kier molecular flexibility index (Phi) is 42.1. The molecule has 3 aromatic heterocycles. The van der Waals surface area contributed by atoms with Crippen molar-refractivity contribution in [1.29, 1.82) is 0 Å². The maximum atomic E-state index is 11.2. The second-order valence-electron chi connectivity index (χ2n) is 26.8.